The molecule has 1 amide bonds. The zero-order valence-electron chi connectivity index (χ0n) is 12.5. The minimum Gasteiger partial charge on any atom is -0.355 e. The van der Waals surface area contributed by atoms with Crippen LogP contribution in [0.2, 0.25) is 0 Å². The number of carbonyl (C=O) groups excluding carboxylic acids is 1. The van der Waals surface area contributed by atoms with Crippen LogP contribution < -0.4 is 11.1 Å². The molecule has 0 spiro atoms. The smallest absolute Gasteiger partial charge is 0.223 e. The van der Waals surface area contributed by atoms with E-state index in [1.165, 1.54) is 12.8 Å². The van der Waals surface area contributed by atoms with Crippen LogP contribution in [0.15, 0.2) is 0 Å². The van der Waals surface area contributed by atoms with E-state index in [2.05, 4.69) is 24.2 Å². The van der Waals surface area contributed by atoms with E-state index in [4.69, 9.17) is 5.73 Å². The summed E-state index contributed by atoms with van der Waals surface area (Å²) in [6, 6.07) is 0.225. The number of nitrogens with two attached hydrogens (primary N) is 1. The summed E-state index contributed by atoms with van der Waals surface area (Å²) in [6.07, 6.45) is 6.40. The van der Waals surface area contributed by atoms with Crippen molar-refractivity contribution in [1.29, 1.82) is 0 Å². The molecule has 3 N–H and O–H groups in total. The third-order valence-electron chi connectivity index (χ3n) is 4.97. The average molecular weight is 267 g/mol. The highest BCUT2D eigenvalue weighted by Gasteiger charge is 2.31. The number of hydrogen-bond donors (Lipinski definition) is 2. The maximum Gasteiger partial charge on any atom is 0.223 e. The topological polar surface area (TPSA) is 58.4 Å². The van der Waals surface area contributed by atoms with E-state index in [1.807, 2.05) is 0 Å². The molecule has 0 aromatic rings. The first-order chi connectivity index (χ1) is 8.98. The molecule has 19 heavy (non-hydrogen) atoms. The Morgan fingerprint density at radius 2 is 2.05 bits per heavy atom. The summed E-state index contributed by atoms with van der Waals surface area (Å²) in [5.74, 6) is 0.383. The van der Waals surface area contributed by atoms with Gasteiger partial charge in [0.25, 0.3) is 0 Å². The van der Waals surface area contributed by atoms with Crippen molar-refractivity contribution in [2.45, 2.75) is 51.5 Å². The van der Waals surface area contributed by atoms with E-state index in [-0.39, 0.29) is 23.3 Å². The summed E-state index contributed by atoms with van der Waals surface area (Å²) in [6.45, 7) is 5.40. The van der Waals surface area contributed by atoms with Gasteiger partial charge >= 0.3 is 0 Å². The maximum atomic E-state index is 12.2. The number of piperidine rings is 1. The number of rotatable bonds is 3. The molecule has 1 saturated heterocycles. The molecule has 0 aromatic carbocycles. The SMILES string of the molecule is CN1CCC(C)(CNC(=O)C2CCCC(N)C2)CC1. The summed E-state index contributed by atoms with van der Waals surface area (Å²) in [4.78, 5) is 14.6. The highest BCUT2D eigenvalue weighted by Crippen LogP contribution is 2.30. The molecule has 1 heterocycles. The van der Waals surface area contributed by atoms with Crippen molar-refractivity contribution in [2.24, 2.45) is 17.1 Å². The summed E-state index contributed by atoms with van der Waals surface area (Å²) in [5, 5.41) is 3.18. The second-order valence-electron chi connectivity index (χ2n) is 6.96. The van der Waals surface area contributed by atoms with Gasteiger partial charge in [-0.3, -0.25) is 4.79 Å². The first-order valence-corrected chi connectivity index (χ1v) is 7.70. The summed E-state index contributed by atoms with van der Waals surface area (Å²) in [5.41, 5.74) is 6.23. The van der Waals surface area contributed by atoms with Crippen LogP contribution in [0, 0.1) is 11.3 Å². The van der Waals surface area contributed by atoms with E-state index in [0.29, 0.717) is 0 Å². The lowest BCUT2D eigenvalue weighted by Gasteiger charge is -2.38. The molecular formula is C15H29N3O. The van der Waals surface area contributed by atoms with Crippen LogP contribution in [0.25, 0.3) is 0 Å². The van der Waals surface area contributed by atoms with Crippen molar-refractivity contribution < 1.29 is 4.79 Å². The number of nitrogens with zero attached hydrogens (tertiary/aromatic N) is 1. The number of amides is 1. The molecule has 1 aliphatic carbocycles. The van der Waals surface area contributed by atoms with Crippen LogP contribution in [-0.4, -0.2) is 43.5 Å². The second kappa shape index (κ2) is 6.23. The molecule has 2 unspecified atom stereocenters. The van der Waals surface area contributed by atoms with E-state index in [0.717, 1.165) is 45.3 Å². The minimum absolute atomic E-state index is 0.151. The minimum atomic E-state index is 0.151. The van der Waals surface area contributed by atoms with Crippen LogP contribution in [0.3, 0.4) is 0 Å². The quantitative estimate of drug-likeness (QED) is 0.811. The second-order valence-corrected chi connectivity index (χ2v) is 6.96. The van der Waals surface area contributed by atoms with Crippen molar-refractivity contribution >= 4 is 5.91 Å². The van der Waals surface area contributed by atoms with E-state index in [1.54, 1.807) is 0 Å². The first kappa shape index (κ1) is 14.8. The monoisotopic (exact) mass is 267 g/mol. The van der Waals surface area contributed by atoms with Gasteiger partial charge in [-0.15, -0.1) is 0 Å². The summed E-state index contributed by atoms with van der Waals surface area (Å²) < 4.78 is 0. The summed E-state index contributed by atoms with van der Waals surface area (Å²) in [7, 11) is 2.17. The fourth-order valence-electron chi connectivity index (χ4n) is 3.25. The predicted molar refractivity (Wildman–Crippen MR) is 77.8 cm³/mol. The highest BCUT2D eigenvalue weighted by atomic mass is 16.1. The van der Waals surface area contributed by atoms with Gasteiger partial charge in [0.1, 0.15) is 0 Å². The molecule has 2 aliphatic rings. The lowest BCUT2D eigenvalue weighted by atomic mass is 9.80. The van der Waals surface area contributed by atoms with E-state index in [9.17, 15) is 4.79 Å². The predicted octanol–water partition coefficient (Wildman–Crippen LogP) is 1.35. The van der Waals surface area contributed by atoms with Crippen LogP contribution >= 0.6 is 0 Å². The Hall–Kier alpha value is -0.610. The van der Waals surface area contributed by atoms with Gasteiger partial charge in [0.2, 0.25) is 5.91 Å². The third kappa shape index (κ3) is 4.18. The van der Waals surface area contributed by atoms with Gasteiger partial charge in [0, 0.05) is 18.5 Å². The van der Waals surface area contributed by atoms with Crippen molar-refractivity contribution in [2.75, 3.05) is 26.7 Å². The molecule has 2 fully saturated rings. The molecule has 2 atom stereocenters. The normalized spacial score (nSPS) is 31.9. The number of nitrogens with one attached hydrogen (secondary N) is 1. The van der Waals surface area contributed by atoms with Crippen molar-refractivity contribution in [1.82, 2.24) is 10.2 Å². The fourth-order valence-corrected chi connectivity index (χ4v) is 3.25. The third-order valence-corrected chi connectivity index (χ3v) is 4.97. The molecule has 0 radical (unpaired) electrons. The highest BCUT2D eigenvalue weighted by molar-refractivity contribution is 5.78. The number of carbonyl (C=O) groups is 1. The molecular weight excluding hydrogens is 238 g/mol. The van der Waals surface area contributed by atoms with E-state index >= 15 is 0 Å². The zero-order valence-corrected chi connectivity index (χ0v) is 12.5. The van der Waals surface area contributed by atoms with Gasteiger partial charge < -0.3 is 16.0 Å². The molecule has 4 heteroatoms. The average Bonchev–Trinajstić information content (AvgIpc) is 2.40. The molecule has 0 aromatic heterocycles. The number of hydrogen-bond acceptors (Lipinski definition) is 3. The first-order valence-electron chi connectivity index (χ1n) is 7.70. The standard InChI is InChI=1S/C15H29N3O/c1-15(6-8-18(2)9-7-15)11-17-14(19)12-4-3-5-13(16)10-12/h12-13H,3-11,16H2,1-2H3,(H,17,19). The molecule has 2 rings (SSSR count). The maximum absolute atomic E-state index is 12.2. The van der Waals surface area contributed by atoms with Gasteiger partial charge in [-0.25, -0.2) is 0 Å². The Balaban J connectivity index is 1.76. The molecule has 1 aliphatic heterocycles. The van der Waals surface area contributed by atoms with Gasteiger partial charge in [0.15, 0.2) is 0 Å². The Morgan fingerprint density at radius 1 is 1.37 bits per heavy atom. The van der Waals surface area contributed by atoms with Crippen molar-refractivity contribution in [3.63, 3.8) is 0 Å². The Kier molecular flexibility index (Phi) is 4.85. The number of likely N-dealkylation sites (tertiary alicyclic amines) is 1. The molecule has 0 bridgehead atoms. The summed E-state index contributed by atoms with van der Waals surface area (Å²) >= 11 is 0. The Bertz CT molecular complexity index is 311. The fraction of sp³-hybridized carbons (Fsp3) is 0.933. The molecule has 4 nitrogen and oxygen atoms in total. The Morgan fingerprint density at radius 3 is 2.68 bits per heavy atom. The van der Waals surface area contributed by atoms with Crippen LogP contribution in [0.5, 0.6) is 0 Å². The van der Waals surface area contributed by atoms with Crippen LogP contribution in [-0.2, 0) is 4.79 Å². The van der Waals surface area contributed by atoms with E-state index < -0.39 is 0 Å². The molecule has 110 valence electrons. The van der Waals surface area contributed by atoms with Crippen LogP contribution in [0.1, 0.15) is 45.4 Å². The van der Waals surface area contributed by atoms with Gasteiger partial charge in [-0.05, 0) is 57.7 Å². The van der Waals surface area contributed by atoms with Gasteiger partial charge in [-0.2, -0.15) is 0 Å². The molecule has 1 saturated carbocycles. The largest absolute Gasteiger partial charge is 0.355 e. The van der Waals surface area contributed by atoms with Gasteiger partial charge in [0.05, 0.1) is 0 Å². The lowest BCUT2D eigenvalue weighted by molar-refractivity contribution is -0.126. The van der Waals surface area contributed by atoms with Gasteiger partial charge in [-0.1, -0.05) is 13.3 Å². The zero-order chi connectivity index (χ0) is 13.9. The van der Waals surface area contributed by atoms with Crippen molar-refractivity contribution in [3.05, 3.63) is 0 Å². The van der Waals surface area contributed by atoms with Crippen LogP contribution in [0.4, 0.5) is 0 Å². The lowest BCUT2D eigenvalue weighted by Crippen LogP contribution is -2.45. The van der Waals surface area contributed by atoms with Crippen molar-refractivity contribution in [3.8, 4) is 0 Å². The Labute approximate surface area is 117 Å².